The van der Waals surface area contributed by atoms with E-state index in [-0.39, 0.29) is 5.75 Å². The van der Waals surface area contributed by atoms with Crippen molar-refractivity contribution in [3.63, 3.8) is 0 Å². The van der Waals surface area contributed by atoms with Crippen molar-refractivity contribution in [3.8, 4) is 5.75 Å². The molecule has 0 amide bonds. The molecule has 1 aliphatic heterocycles. The summed E-state index contributed by atoms with van der Waals surface area (Å²) in [4.78, 5) is 12.9. The van der Waals surface area contributed by atoms with Crippen molar-refractivity contribution in [1.29, 1.82) is 0 Å². The fourth-order valence-corrected chi connectivity index (χ4v) is 1.81. The number of carbonyl (C=O) groups is 1. The Hall–Kier alpha value is -1.39. The first kappa shape index (κ1) is 11.1. The summed E-state index contributed by atoms with van der Waals surface area (Å²) in [5.74, 6) is 0.0423. The summed E-state index contributed by atoms with van der Waals surface area (Å²) in [6.45, 7) is 4.15. The Morgan fingerprint density at radius 2 is 2.12 bits per heavy atom. The highest BCUT2D eigenvalue weighted by Crippen LogP contribution is 2.17. The monoisotopic (exact) mass is 221 g/mol. The molecule has 1 aromatic carbocycles. The second-order valence-corrected chi connectivity index (χ2v) is 3.90. The fourth-order valence-electron chi connectivity index (χ4n) is 1.81. The molecule has 0 saturated carbocycles. The minimum atomic E-state index is 0.0423. The van der Waals surface area contributed by atoms with Crippen molar-refractivity contribution >= 4 is 6.29 Å². The number of aldehydes is 1. The minimum Gasteiger partial charge on any atom is -0.507 e. The van der Waals surface area contributed by atoms with Gasteiger partial charge >= 0.3 is 0 Å². The van der Waals surface area contributed by atoms with Crippen molar-refractivity contribution in [2.24, 2.45) is 0 Å². The first-order chi connectivity index (χ1) is 7.79. The summed E-state index contributed by atoms with van der Waals surface area (Å²) in [5, 5.41) is 9.38. The molecule has 4 heteroatoms. The highest BCUT2D eigenvalue weighted by atomic mass is 16.5. The Morgan fingerprint density at radius 3 is 2.81 bits per heavy atom. The third-order valence-corrected chi connectivity index (χ3v) is 2.73. The van der Waals surface area contributed by atoms with Crippen molar-refractivity contribution < 1.29 is 14.6 Å². The number of carbonyl (C=O) groups excluding carboxylic acids is 1. The number of rotatable bonds is 3. The van der Waals surface area contributed by atoms with E-state index in [0.717, 1.165) is 38.4 Å². The van der Waals surface area contributed by atoms with Crippen LogP contribution in [0.15, 0.2) is 18.2 Å². The van der Waals surface area contributed by atoms with Gasteiger partial charge in [0.15, 0.2) is 6.29 Å². The predicted octanol–water partition coefficient (Wildman–Crippen LogP) is 1.04. The van der Waals surface area contributed by atoms with Crippen molar-refractivity contribution in [1.82, 2.24) is 4.90 Å². The molecule has 0 bridgehead atoms. The van der Waals surface area contributed by atoms with Crippen LogP contribution in [0, 0.1) is 0 Å². The summed E-state index contributed by atoms with van der Waals surface area (Å²) in [6, 6.07) is 5.15. The fraction of sp³-hybridized carbons (Fsp3) is 0.417. The topological polar surface area (TPSA) is 49.8 Å². The quantitative estimate of drug-likeness (QED) is 0.775. The molecule has 0 atom stereocenters. The molecule has 16 heavy (non-hydrogen) atoms. The van der Waals surface area contributed by atoms with E-state index in [4.69, 9.17) is 4.74 Å². The van der Waals surface area contributed by atoms with E-state index in [1.165, 1.54) is 0 Å². The lowest BCUT2D eigenvalue weighted by Gasteiger charge is -2.26. The number of phenols is 1. The summed E-state index contributed by atoms with van der Waals surface area (Å²) in [5.41, 5.74) is 1.40. The highest BCUT2D eigenvalue weighted by Gasteiger charge is 2.11. The molecule has 1 heterocycles. The average Bonchev–Trinajstić information content (AvgIpc) is 2.33. The third-order valence-electron chi connectivity index (χ3n) is 2.73. The number of ether oxygens (including phenoxy) is 1. The maximum atomic E-state index is 10.7. The van der Waals surface area contributed by atoms with E-state index >= 15 is 0 Å². The molecule has 1 aliphatic rings. The second-order valence-electron chi connectivity index (χ2n) is 3.90. The highest BCUT2D eigenvalue weighted by molar-refractivity contribution is 5.79. The zero-order valence-electron chi connectivity index (χ0n) is 9.06. The summed E-state index contributed by atoms with van der Waals surface area (Å²) in [7, 11) is 0. The zero-order chi connectivity index (χ0) is 11.4. The van der Waals surface area contributed by atoms with Gasteiger partial charge in [-0.3, -0.25) is 9.69 Å². The number of morpholine rings is 1. The Kier molecular flexibility index (Phi) is 3.54. The molecule has 1 fully saturated rings. The average molecular weight is 221 g/mol. The first-order valence-electron chi connectivity index (χ1n) is 5.37. The number of benzene rings is 1. The smallest absolute Gasteiger partial charge is 0.153 e. The van der Waals surface area contributed by atoms with Crippen molar-refractivity contribution in [2.75, 3.05) is 26.3 Å². The van der Waals surface area contributed by atoms with Gasteiger partial charge in [0, 0.05) is 19.6 Å². The summed E-state index contributed by atoms with van der Waals surface area (Å²) >= 11 is 0. The standard InChI is InChI=1S/C12H15NO3/c14-9-11-7-10(1-2-12(11)15)8-13-3-5-16-6-4-13/h1-2,7,9,15H,3-6,8H2. The van der Waals surface area contributed by atoms with Crippen LogP contribution in [-0.4, -0.2) is 42.6 Å². The van der Waals surface area contributed by atoms with Crippen LogP contribution in [0.5, 0.6) is 5.75 Å². The molecule has 1 aromatic rings. The molecule has 0 aliphatic carbocycles. The van der Waals surface area contributed by atoms with Crippen LogP contribution in [0.2, 0.25) is 0 Å². The van der Waals surface area contributed by atoms with E-state index in [0.29, 0.717) is 11.8 Å². The van der Waals surface area contributed by atoms with Gasteiger partial charge in [-0.2, -0.15) is 0 Å². The van der Waals surface area contributed by atoms with Crippen LogP contribution in [-0.2, 0) is 11.3 Å². The molecule has 0 spiro atoms. The number of phenolic OH excluding ortho intramolecular Hbond substituents is 1. The van der Waals surface area contributed by atoms with Gasteiger partial charge in [-0.05, 0) is 17.7 Å². The third kappa shape index (κ3) is 2.59. The number of aromatic hydroxyl groups is 1. The van der Waals surface area contributed by atoms with Crippen LogP contribution in [0.3, 0.4) is 0 Å². The van der Waals surface area contributed by atoms with Crippen LogP contribution in [0.25, 0.3) is 0 Å². The summed E-state index contributed by atoms with van der Waals surface area (Å²) < 4.78 is 5.26. The van der Waals surface area contributed by atoms with Crippen LogP contribution in [0.4, 0.5) is 0 Å². The van der Waals surface area contributed by atoms with E-state index in [2.05, 4.69) is 4.90 Å². The molecular formula is C12H15NO3. The SMILES string of the molecule is O=Cc1cc(CN2CCOCC2)ccc1O. The van der Waals surface area contributed by atoms with Gasteiger partial charge in [-0.1, -0.05) is 6.07 Å². The summed E-state index contributed by atoms with van der Waals surface area (Å²) in [6.07, 6.45) is 0.679. The molecule has 0 unspecified atom stereocenters. The van der Waals surface area contributed by atoms with Crippen LogP contribution in [0.1, 0.15) is 15.9 Å². The van der Waals surface area contributed by atoms with Gasteiger partial charge in [-0.15, -0.1) is 0 Å². The molecule has 2 rings (SSSR count). The van der Waals surface area contributed by atoms with Gasteiger partial charge in [0.2, 0.25) is 0 Å². The van der Waals surface area contributed by atoms with E-state index in [9.17, 15) is 9.90 Å². The molecule has 1 N–H and O–H groups in total. The molecule has 1 saturated heterocycles. The maximum Gasteiger partial charge on any atom is 0.153 e. The number of hydrogen-bond donors (Lipinski definition) is 1. The first-order valence-corrected chi connectivity index (χ1v) is 5.37. The van der Waals surface area contributed by atoms with Gasteiger partial charge < -0.3 is 9.84 Å². The van der Waals surface area contributed by atoms with E-state index in [1.807, 2.05) is 6.07 Å². The minimum absolute atomic E-state index is 0.0423. The van der Waals surface area contributed by atoms with Crippen molar-refractivity contribution in [3.05, 3.63) is 29.3 Å². The lowest BCUT2D eigenvalue weighted by molar-refractivity contribution is 0.0342. The van der Waals surface area contributed by atoms with Gasteiger partial charge in [0.05, 0.1) is 18.8 Å². The van der Waals surface area contributed by atoms with Gasteiger partial charge in [0.25, 0.3) is 0 Å². The molecule has 0 radical (unpaired) electrons. The van der Waals surface area contributed by atoms with Crippen LogP contribution < -0.4 is 0 Å². The second kappa shape index (κ2) is 5.09. The predicted molar refractivity (Wildman–Crippen MR) is 59.6 cm³/mol. The molecule has 86 valence electrons. The molecule has 0 aromatic heterocycles. The lowest BCUT2D eigenvalue weighted by atomic mass is 10.1. The Morgan fingerprint density at radius 1 is 1.38 bits per heavy atom. The Labute approximate surface area is 94.4 Å². The van der Waals surface area contributed by atoms with E-state index < -0.39 is 0 Å². The Bertz CT molecular complexity index is 373. The number of hydrogen-bond acceptors (Lipinski definition) is 4. The van der Waals surface area contributed by atoms with Gasteiger partial charge in [0.1, 0.15) is 5.75 Å². The van der Waals surface area contributed by atoms with E-state index in [1.54, 1.807) is 12.1 Å². The van der Waals surface area contributed by atoms with Gasteiger partial charge in [-0.25, -0.2) is 0 Å². The maximum absolute atomic E-state index is 10.7. The van der Waals surface area contributed by atoms with Crippen molar-refractivity contribution in [2.45, 2.75) is 6.54 Å². The molecule has 4 nitrogen and oxygen atoms in total. The normalized spacial score (nSPS) is 17.2. The largest absolute Gasteiger partial charge is 0.507 e. The zero-order valence-corrected chi connectivity index (χ0v) is 9.06. The Balaban J connectivity index is 2.05. The lowest BCUT2D eigenvalue weighted by Crippen LogP contribution is -2.35. The number of nitrogens with zero attached hydrogens (tertiary/aromatic N) is 1. The van der Waals surface area contributed by atoms with Crippen LogP contribution >= 0.6 is 0 Å². The molecular weight excluding hydrogens is 206 g/mol.